The van der Waals surface area contributed by atoms with Crippen molar-refractivity contribution in [3.8, 4) is 0 Å². The van der Waals surface area contributed by atoms with Crippen LogP contribution in [0.15, 0.2) is 0 Å². The Bertz CT molecular complexity index is 398. The molecule has 0 bridgehead atoms. The largest absolute Gasteiger partial charge is 0.415 e. The number of rotatable bonds is 3. The van der Waals surface area contributed by atoms with Crippen LogP contribution in [0.5, 0.6) is 0 Å². The van der Waals surface area contributed by atoms with Crippen molar-refractivity contribution in [3.05, 3.63) is 0 Å². The molecule has 0 aromatic heterocycles. The Labute approximate surface area is 90.2 Å². The summed E-state index contributed by atoms with van der Waals surface area (Å²) in [4.78, 5) is 11.1. The molecular weight excluding hydrogens is 249 g/mol. The summed E-state index contributed by atoms with van der Waals surface area (Å²) in [7, 11) is -4.01. The second-order valence-corrected chi connectivity index (χ2v) is 5.84. The maximum absolute atomic E-state index is 12.3. The van der Waals surface area contributed by atoms with Crippen molar-refractivity contribution in [2.75, 3.05) is 0 Å². The average Bonchev–Trinajstić information content (AvgIpc) is 2.82. The molecule has 9 heteroatoms. The second-order valence-electron chi connectivity index (χ2n) is 3.88. The summed E-state index contributed by atoms with van der Waals surface area (Å²) in [5.74, 6) is -1.76. The second kappa shape index (κ2) is 3.59. The van der Waals surface area contributed by atoms with Gasteiger partial charge in [-0.3, -0.25) is 9.52 Å². The van der Waals surface area contributed by atoms with E-state index in [2.05, 4.69) is 0 Å². The predicted octanol–water partition coefficient (Wildman–Crippen LogP) is -0.126. The molecule has 94 valence electrons. The van der Waals surface area contributed by atoms with Gasteiger partial charge in [0.15, 0.2) is 5.54 Å². The first-order chi connectivity index (χ1) is 6.98. The number of amides is 1. The number of carbonyl (C=O) groups excluding carboxylic acids is 1. The lowest BCUT2D eigenvalue weighted by Crippen LogP contribution is -2.62. The molecule has 0 aromatic rings. The van der Waals surface area contributed by atoms with Crippen LogP contribution in [0.1, 0.15) is 19.8 Å². The molecule has 0 aliphatic heterocycles. The van der Waals surface area contributed by atoms with Crippen LogP contribution in [0.2, 0.25) is 0 Å². The third-order valence-corrected chi connectivity index (χ3v) is 4.08. The summed E-state index contributed by atoms with van der Waals surface area (Å²) in [6.07, 6.45) is -4.32. The Morgan fingerprint density at radius 1 is 1.38 bits per heavy atom. The Kier molecular flexibility index (Phi) is 2.97. The quantitative estimate of drug-likeness (QED) is 0.740. The molecule has 0 saturated heterocycles. The zero-order valence-electron chi connectivity index (χ0n) is 8.34. The normalized spacial score (nSPS) is 21.3. The van der Waals surface area contributed by atoms with Crippen LogP contribution in [0.25, 0.3) is 0 Å². The van der Waals surface area contributed by atoms with E-state index in [1.165, 1.54) is 4.72 Å². The molecule has 1 atom stereocenters. The smallest absolute Gasteiger partial charge is 0.310 e. The fraction of sp³-hybridized carbons (Fsp3) is 0.857. The van der Waals surface area contributed by atoms with Gasteiger partial charge < -0.3 is 5.73 Å². The van der Waals surface area contributed by atoms with Crippen molar-refractivity contribution in [1.82, 2.24) is 4.72 Å². The van der Waals surface area contributed by atoms with Gasteiger partial charge in [0, 0.05) is 0 Å². The maximum Gasteiger partial charge on any atom is 0.415 e. The number of sulfonamides is 1. The van der Waals surface area contributed by atoms with Crippen LogP contribution in [-0.2, 0) is 14.8 Å². The topological polar surface area (TPSA) is 89.3 Å². The number of carbonyl (C=O) groups is 1. The van der Waals surface area contributed by atoms with Gasteiger partial charge in [-0.2, -0.15) is 13.2 Å². The van der Waals surface area contributed by atoms with E-state index in [1.807, 2.05) is 0 Å². The number of hydrogen-bond donors (Lipinski definition) is 2. The first-order valence-corrected chi connectivity index (χ1v) is 5.95. The van der Waals surface area contributed by atoms with Gasteiger partial charge >= 0.3 is 6.18 Å². The van der Waals surface area contributed by atoms with Gasteiger partial charge in [-0.05, 0) is 19.8 Å². The zero-order chi connectivity index (χ0) is 12.8. The van der Waals surface area contributed by atoms with E-state index < -0.39 is 32.9 Å². The fourth-order valence-electron chi connectivity index (χ4n) is 0.826. The standard InChI is InChI=1S/C7H11F3N2O3S/c1-6(11,7(8,9)10)5(13)12-16(14,15)4-2-3-4/h4H,2-3,11H2,1H3,(H,12,13). The third-order valence-electron chi connectivity index (χ3n) is 2.26. The first-order valence-electron chi connectivity index (χ1n) is 4.40. The highest BCUT2D eigenvalue weighted by Gasteiger charge is 2.55. The predicted molar refractivity (Wildman–Crippen MR) is 48.7 cm³/mol. The van der Waals surface area contributed by atoms with Crippen LogP contribution >= 0.6 is 0 Å². The van der Waals surface area contributed by atoms with Crippen molar-refractivity contribution in [1.29, 1.82) is 0 Å². The van der Waals surface area contributed by atoms with Crippen molar-refractivity contribution in [3.63, 3.8) is 0 Å². The number of halogens is 3. The molecule has 1 rings (SSSR count). The molecule has 1 unspecified atom stereocenters. The van der Waals surface area contributed by atoms with Gasteiger partial charge in [0.1, 0.15) is 0 Å². The summed E-state index contributed by atoms with van der Waals surface area (Å²) in [5.41, 5.74) is 1.55. The van der Waals surface area contributed by atoms with E-state index in [1.54, 1.807) is 0 Å². The molecule has 1 saturated carbocycles. The van der Waals surface area contributed by atoms with Crippen LogP contribution in [0.3, 0.4) is 0 Å². The van der Waals surface area contributed by atoms with Crippen molar-refractivity contribution in [2.24, 2.45) is 5.73 Å². The molecule has 1 aliphatic carbocycles. The minimum Gasteiger partial charge on any atom is -0.310 e. The number of nitrogens with two attached hydrogens (primary N) is 1. The van der Waals surface area contributed by atoms with E-state index in [0.29, 0.717) is 19.8 Å². The first kappa shape index (κ1) is 13.2. The molecule has 16 heavy (non-hydrogen) atoms. The highest BCUT2D eigenvalue weighted by Crippen LogP contribution is 2.30. The zero-order valence-corrected chi connectivity index (χ0v) is 9.15. The Morgan fingerprint density at radius 3 is 2.12 bits per heavy atom. The molecule has 1 amide bonds. The molecular formula is C7H11F3N2O3S. The Morgan fingerprint density at radius 2 is 1.81 bits per heavy atom. The van der Waals surface area contributed by atoms with Crippen LogP contribution < -0.4 is 10.5 Å². The lowest BCUT2D eigenvalue weighted by Gasteiger charge is -2.25. The molecule has 0 radical (unpaired) electrons. The third kappa shape index (κ3) is 2.46. The highest BCUT2D eigenvalue weighted by atomic mass is 32.2. The SMILES string of the molecule is CC(N)(C(=O)NS(=O)(=O)C1CC1)C(F)(F)F. The summed E-state index contributed by atoms with van der Waals surface area (Å²) >= 11 is 0. The molecule has 5 nitrogen and oxygen atoms in total. The average molecular weight is 260 g/mol. The van der Waals surface area contributed by atoms with Gasteiger partial charge in [0.2, 0.25) is 10.0 Å². The summed E-state index contributed by atoms with van der Waals surface area (Å²) in [5, 5.41) is -0.777. The van der Waals surface area contributed by atoms with Gasteiger partial charge in [-0.15, -0.1) is 0 Å². The van der Waals surface area contributed by atoms with E-state index >= 15 is 0 Å². The molecule has 0 spiro atoms. The lowest BCUT2D eigenvalue weighted by atomic mass is 10.0. The number of nitrogens with one attached hydrogen (secondary N) is 1. The van der Waals surface area contributed by atoms with E-state index in [0.717, 1.165) is 0 Å². The van der Waals surface area contributed by atoms with Gasteiger partial charge in [-0.25, -0.2) is 8.42 Å². The summed E-state index contributed by atoms with van der Waals surface area (Å²) in [6, 6.07) is 0. The van der Waals surface area contributed by atoms with Gasteiger partial charge in [-0.1, -0.05) is 0 Å². The van der Waals surface area contributed by atoms with Crippen molar-refractivity contribution >= 4 is 15.9 Å². The molecule has 0 aromatic carbocycles. The summed E-state index contributed by atoms with van der Waals surface area (Å²) < 4.78 is 60.7. The van der Waals surface area contributed by atoms with Crippen LogP contribution in [0.4, 0.5) is 13.2 Å². The lowest BCUT2D eigenvalue weighted by molar-refractivity contribution is -0.186. The molecule has 0 heterocycles. The van der Waals surface area contributed by atoms with Crippen LogP contribution in [-0.4, -0.2) is 31.3 Å². The number of alkyl halides is 3. The minimum atomic E-state index is -5.00. The summed E-state index contributed by atoms with van der Waals surface area (Å²) in [6.45, 7) is 0.421. The molecule has 1 aliphatic rings. The van der Waals surface area contributed by atoms with Crippen LogP contribution in [0, 0.1) is 0 Å². The molecule has 1 fully saturated rings. The monoisotopic (exact) mass is 260 g/mol. The van der Waals surface area contributed by atoms with Crippen molar-refractivity contribution < 1.29 is 26.4 Å². The highest BCUT2D eigenvalue weighted by molar-refractivity contribution is 7.90. The van der Waals surface area contributed by atoms with Crippen molar-refractivity contribution in [2.45, 2.75) is 36.7 Å². The fourth-order valence-corrected chi connectivity index (χ4v) is 2.22. The molecule has 3 N–H and O–H groups in total. The minimum absolute atomic E-state index is 0.343. The van der Waals surface area contributed by atoms with Gasteiger partial charge in [0.25, 0.3) is 5.91 Å². The number of hydrogen-bond acceptors (Lipinski definition) is 4. The Balaban J connectivity index is 2.80. The van der Waals surface area contributed by atoms with E-state index in [4.69, 9.17) is 5.73 Å². The van der Waals surface area contributed by atoms with E-state index in [9.17, 15) is 26.4 Å². The Hall–Kier alpha value is -0.830. The van der Waals surface area contributed by atoms with E-state index in [-0.39, 0.29) is 0 Å². The van der Waals surface area contributed by atoms with Gasteiger partial charge in [0.05, 0.1) is 5.25 Å². The maximum atomic E-state index is 12.3.